The summed E-state index contributed by atoms with van der Waals surface area (Å²) < 4.78 is 41.0. The smallest absolute Gasteiger partial charge is 0.245 e. The average molecular weight is 474 g/mol. The molecule has 1 aliphatic heterocycles. The van der Waals surface area contributed by atoms with Crippen molar-refractivity contribution < 1.29 is 17.6 Å². The lowest BCUT2D eigenvalue weighted by atomic mass is 10.2. The third-order valence-electron chi connectivity index (χ3n) is 5.00. The van der Waals surface area contributed by atoms with E-state index >= 15 is 0 Å². The number of nitrogens with zero attached hydrogens (tertiary/aromatic N) is 3. The molecule has 2 aromatic carbocycles. The van der Waals surface area contributed by atoms with Crippen LogP contribution in [-0.2, 0) is 14.8 Å². The lowest BCUT2D eigenvalue weighted by Crippen LogP contribution is -2.52. The predicted molar refractivity (Wildman–Crippen MR) is 116 cm³/mol. The van der Waals surface area contributed by atoms with Crippen LogP contribution in [0.2, 0.25) is 10.0 Å². The number of carbonyl (C=O) groups excluding carboxylic acids is 1. The average Bonchev–Trinajstić information content (AvgIpc) is 2.73. The maximum absolute atomic E-state index is 14.0. The van der Waals surface area contributed by atoms with E-state index < -0.39 is 10.0 Å². The highest BCUT2D eigenvalue weighted by atomic mass is 35.5. The Kier molecular flexibility index (Phi) is 7.23. The van der Waals surface area contributed by atoms with Crippen molar-refractivity contribution in [1.82, 2.24) is 9.21 Å². The van der Waals surface area contributed by atoms with Gasteiger partial charge in [0, 0.05) is 37.7 Å². The van der Waals surface area contributed by atoms with Crippen LogP contribution >= 0.6 is 23.2 Å². The second kappa shape index (κ2) is 9.51. The molecule has 3 rings (SSSR count). The molecular weight excluding hydrogens is 452 g/mol. The predicted octanol–water partition coefficient (Wildman–Crippen LogP) is 3.49. The summed E-state index contributed by atoms with van der Waals surface area (Å²) in [6, 6.07) is 10.7. The lowest BCUT2D eigenvalue weighted by molar-refractivity contribution is -0.131. The zero-order chi connectivity index (χ0) is 21.9. The van der Waals surface area contributed by atoms with Gasteiger partial charge in [0.05, 0.1) is 17.3 Å². The molecule has 1 fully saturated rings. The summed E-state index contributed by atoms with van der Waals surface area (Å²) in [4.78, 5) is 16.1. The van der Waals surface area contributed by atoms with Gasteiger partial charge in [-0.25, -0.2) is 12.8 Å². The zero-order valence-electron chi connectivity index (χ0n) is 16.4. The van der Waals surface area contributed by atoms with Crippen LogP contribution < -0.4 is 4.90 Å². The Labute approximate surface area is 185 Å². The van der Waals surface area contributed by atoms with Gasteiger partial charge in [0.15, 0.2) is 0 Å². The highest BCUT2D eigenvalue weighted by Crippen LogP contribution is 2.28. The third kappa shape index (κ3) is 4.88. The second-order valence-corrected chi connectivity index (χ2v) is 9.58. The van der Waals surface area contributed by atoms with Crippen molar-refractivity contribution in [3.05, 3.63) is 58.3 Å². The monoisotopic (exact) mass is 473 g/mol. The highest BCUT2D eigenvalue weighted by Gasteiger charge is 2.30. The Balaban J connectivity index is 1.67. The maximum atomic E-state index is 14.0. The first-order valence-corrected chi connectivity index (χ1v) is 11.7. The number of halogens is 3. The number of hydrogen-bond donors (Lipinski definition) is 0. The molecule has 1 aliphatic rings. The minimum atomic E-state index is -3.99. The molecule has 0 saturated carbocycles. The number of benzene rings is 2. The van der Waals surface area contributed by atoms with Crippen LogP contribution in [0.5, 0.6) is 0 Å². The molecule has 6 nitrogen and oxygen atoms in total. The number of piperazine rings is 1. The summed E-state index contributed by atoms with van der Waals surface area (Å²) in [5.74, 6) is -0.620. The molecule has 30 heavy (non-hydrogen) atoms. The number of amides is 1. The topological polar surface area (TPSA) is 60.9 Å². The van der Waals surface area contributed by atoms with Gasteiger partial charge in [0.2, 0.25) is 15.9 Å². The number of anilines is 1. The standard InChI is InChI=1S/C20H22Cl2FN3O3S/c1-2-26(30(28,29)19-13-15(21)7-8-16(19)22)14-20(27)25-11-9-24(10-12-25)18-6-4-3-5-17(18)23/h3-8,13H,2,9-12,14H2,1H3. The molecule has 0 atom stereocenters. The highest BCUT2D eigenvalue weighted by molar-refractivity contribution is 7.89. The summed E-state index contributed by atoms with van der Waals surface area (Å²) >= 11 is 12.0. The normalized spacial score (nSPS) is 15.0. The fourth-order valence-electron chi connectivity index (χ4n) is 3.34. The summed E-state index contributed by atoms with van der Waals surface area (Å²) in [7, 11) is -3.99. The zero-order valence-corrected chi connectivity index (χ0v) is 18.7. The van der Waals surface area contributed by atoms with Crippen molar-refractivity contribution >= 4 is 44.8 Å². The van der Waals surface area contributed by atoms with E-state index in [0.717, 1.165) is 4.31 Å². The van der Waals surface area contributed by atoms with Gasteiger partial charge < -0.3 is 9.80 Å². The number of likely N-dealkylation sites (N-methyl/N-ethyl adjacent to an activating group) is 1. The number of sulfonamides is 1. The van der Waals surface area contributed by atoms with E-state index in [-0.39, 0.29) is 39.8 Å². The summed E-state index contributed by atoms with van der Waals surface area (Å²) in [5, 5.41) is 0.286. The van der Waals surface area contributed by atoms with Gasteiger partial charge in [-0.2, -0.15) is 4.31 Å². The number of para-hydroxylation sites is 1. The molecule has 0 aliphatic carbocycles. The molecule has 0 N–H and O–H groups in total. The van der Waals surface area contributed by atoms with Gasteiger partial charge in [-0.1, -0.05) is 42.3 Å². The fraction of sp³-hybridized carbons (Fsp3) is 0.350. The second-order valence-electron chi connectivity index (χ2n) is 6.83. The van der Waals surface area contributed by atoms with Crippen LogP contribution in [0.4, 0.5) is 10.1 Å². The molecule has 0 aromatic heterocycles. The van der Waals surface area contributed by atoms with E-state index in [4.69, 9.17) is 23.2 Å². The molecule has 0 unspecified atom stereocenters. The van der Waals surface area contributed by atoms with Crippen molar-refractivity contribution in [2.45, 2.75) is 11.8 Å². The molecule has 10 heteroatoms. The summed E-state index contributed by atoms with van der Waals surface area (Å²) in [6.45, 7) is 3.13. The maximum Gasteiger partial charge on any atom is 0.245 e. The first-order valence-electron chi connectivity index (χ1n) is 9.46. The molecule has 1 saturated heterocycles. The van der Waals surface area contributed by atoms with E-state index in [2.05, 4.69) is 0 Å². The first-order chi connectivity index (χ1) is 14.2. The van der Waals surface area contributed by atoms with Gasteiger partial charge in [0.1, 0.15) is 10.7 Å². The quantitative estimate of drug-likeness (QED) is 0.643. The molecule has 1 amide bonds. The van der Waals surface area contributed by atoms with Crippen molar-refractivity contribution in [3.8, 4) is 0 Å². The van der Waals surface area contributed by atoms with Gasteiger partial charge in [-0.05, 0) is 30.3 Å². The van der Waals surface area contributed by atoms with Crippen LogP contribution in [0.15, 0.2) is 47.4 Å². The molecule has 0 bridgehead atoms. The van der Waals surface area contributed by atoms with E-state index in [0.29, 0.717) is 31.9 Å². The van der Waals surface area contributed by atoms with Gasteiger partial charge in [-0.3, -0.25) is 4.79 Å². The molecule has 0 spiro atoms. The minimum absolute atomic E-state index is 0.0452. The Morgan fingerprint density at radius 2 is 1.77 bits per heavy atom. The molecular formula is C20H22Cl2FN3O3S. The van der Waals surface area contributed by atoms with Crippen LogP contribution in [0.25, 0.3) is 0 Å². The van der Waals surface area contributed by atoms with Gasteiger partial charge in [0.25, 0.3) is 0 Å². The van der Waals surface area contributed by atoms with Crippen LogP contribution in [0.3, 0.4) is 0 Å². The first kappa shape index (κ1) is 22.8. The van der Waals surface area contributed by atoms with Crippen molar-refractivity contribution in [2.24, 2.45) is 0 Å². The Morgan fingerprint density at radius 1 is 1.10 bits per heavy atom. The van der Waals surface area contributed by atoms with Crippen LogP contribution in [0, 0.1) is 5.82 Å². The molecule has 2 aromatic rings. The Hall–Kier alpha value is -1.87. The Morgan fingerprint density at radius 3 is 2.40 bits per heavy atom. The van der Waals surface area contributed by atoms with Crippen LogP contribution in [0.1, 0.15) is 6.92 Å². The fourth-order valence-corrected chi connectivity index (χ4v) is 5.47. The van der Waals surface area contributed by atoms with Gasteiger partial charge >= 0.3 is 0 Å². The molecule has 0 radical (unpaired) electrons. The van der Waals surface area contributed by atoms with E-state index in [1.165, 1.54) is 24.3 Å². The van der Waals surface area contributed by atoms with Crippen molar-refractivity contribution in [3.63, 3.8) is 0 Å². The third-order valence-corrected chi connectivity index (χ3v) is 7.64. The molecule has 162 valence electrons. The van der Waals surface area contributed by atoms with Crippen LogP contribution in [-0.4, -0.2) is 62.8 Å². The lowest BCUT2D eigenvalue weighted by Gasteiger charge is -2.37. The Bertz CT molecular complexity index is 1030. The molecule has 1 heterocycles. The number of carbonyl (C=O) groups is 1. The minimum Gasteiger partial charge on any atom is -0.366 e. The number of hydrogen-bond acceptors (Lipinski definition) is 4. The van der Waals surface area contributed by atoms with E-state index in [9.17, 15) is 17.6 Å². The summed E-state index contributed by atoms with van der Waals surface area (Å²) in [6.07, 6.45) is 0. The SMILES string of the molecule is CCN(CC(=O)N1CCN(c2ccccc2F)CC1)S(=O)(=O)c1cc(Cl)ccc1Cl. The van der Waals surface area contributed by atoms with Crippen molar-refractivity contribution in [1.29, 1.82) is 0 Å². The van der Waals surface area contributed by atoms with Crippen molar-refractivity contribution in [2.75, 3.05) is 44.2 Å². The van der Waals surface area contributed by atoms with Gasteiger partial charge in [-0.15, -0.1) is 0 Å². The van der Waals surface area contributed by atoms with E-state index in [1.54, 1.807) is 30.0 Å². The summed E-state index contributed by atoms with van der Waals surface area (Å²) in [5.41, 5.74) is 0.498. The van der Waals surface area contributed by atoms with E-state index in [1.807, 2.05) is 4.90 Å². The largest absolute Gasteiger partial charge is 0.366 e. The number of rotatable bonds is 6.